The number of benzene rings is 1. The predicted molar refractivity (Wildman–Crippen MR) is 87.2 cm³/mol. The first-order chi connectivity index (χ1) is 10.2. The van der Waals surface area contributed by atoms with Crippen molar-refractivity contribution in [3.63, 3.8) is 0 Å². The molecule has 0 aliphatic carbocycles. The Balaban J connectivity index is 1.63. The molecule has 1 saturated heterocycles. The van der Waals surface area contributed by atoms with Crippen LogP contribution in [-0.2, 0) is 0 Å². The van der Waals surface area contributed by atoms with Gasteiger partial charge >= 0.3 is 0 Å². The number of piperazine rings is 1. The SMILES string of the molecule is CN(C)c1ccc(N2CCN(c3ncccn3)CC2)cc1. The quantitative estimate of drug-likeness (QED) is 0.859. The molecule has 0 radical (unpaired) electrons. The molecule has 1 aliphatic rings. The van der Waals surface area contributed by atoms with Crippen molar-refractivity contribution in [2.45, 2.75) is 0 Å². The highest BCUT2D eigenvalue weighted by atomic mass is 15.3. The summed E-state index contributed by atoms with van der Waals surface area (Å²) in [6, 6.07) is 10.6. The van der Waals surface area contributed by atoms with Gasteiger partial charge in [0.15, 0.2) is 0 Å². The molecule has 3 rings (SSSR count). The molecule has 0 saturated carbocycles. The molecule has 1 aromatic heterocycles. The zero-order valence-corrected chi connectivity index (χ0v) is 12.6. The summed E-state index contributed by atoms with van der Waals surface area (Å²) in [6.45, 7) is 3.91. The highest BCUT2D eigenvalue weighted by Crippen LogP contribution is 2.21. The van der Waals surface area contributed by atoms with E-state index in [4.69, 9.17) is 0 Å². The third kappa shape index (κ3) is 3.07. The van der Waals surface area contributed by atoms with Crippen LogP contribution in [-0.4, -0.2) is 50.2 Å². The van der Waals surface area contributed by atoms with Crippen molar-refractivity contribution >= 4 is 17.3 Å². The molecule has 5 heteroatoms. The zero-order chi connectivity index (χ0) is 14.7. The summed E-state index contributed by atoms with van der Waals surface area (Å²) in [4.78, 5) is 15.4. The van der Waals surface area contributed by atoms with Crippen molar-refractivity contribution in [1.29, 1.82) is 0 Å². The number of nitrogens with zero attached hydrogens (tertiary/aromatic N) is 5. The monoisotopic (exact) mass is 283 g/mol. The Morgan fingerprint density at radius 3 is 2.00 bits per heavy atom. The number of hydrogen-bond donors (Lipinski definition) is 0. The van der Waals surface area contributed by atoms with Crippen LogP contribution in [0.1, 0.15) is 0 Å². The molecule has 110 valence electrons. The first-order valence-electron chi connectivity index (χ1n) is 7.28. The van der Waals surface area contributed by atoms with E-state index in [0.29, 0.717) is 0 Å². The molecule has 1 fully saturated rings. The molecule has 1 aliphatic heterocycles. The fourth-order valence-corrected chi connectivity index (χ4v) is 2.58. The minimum Gasteiger partial charge on any atom is -0.378 e. The Hall–Kier alpha value is -2.30. The molecule has 0 unspecified atom stereocenters. The second-order valence-corrected chi connectivity index (χ2v) is 5.43. The van der Waals surface area contributed by atoms with Crippen LogP contribution < -0.4 is 14.7 Å². The number of aromatic nitrogens is 2. The predicted octanol–water partition coefficient (Wildman–Crippen LogP) is 1.87. The Morgan fingerprint density at radius 2 is 1.43 bits per heavy atom. The van der Waals surface area contributed by atoms with Crippen LogP contribution in [0.25, 0.3) is 0 Å². The standard InChI is InChI=1S/C16H21N5/c1-19(2)14-4-6-15(7-5-14)20-10-12-21(13-11-20)16-17-8-3-9-18-16/h3-9H,10-13H2,1-2H3. The summed E-state index contributed by atoms with van der Waals surface area (Å²) in [6.07, 6.45) is 3.60. The minimum absolute atomic E-state index is 0.833. The maximum atomic E-state index is 4.32. The van der Waals surface area contributed by atoms with Gasteiger partial charge in [-0.3, -0.25) is 0 Å². The van der Waals surface area contributed by atoms with E-state index in [2.05, 4.69) is 63.0 Å². The third-order valence-corrected chi connectivity index (χ3v) is 3.85. The van der Waals surface area contributed by atoms with Crippen LogP contribution in [0.5, 0.6) is 0 Å². The lowest BCUT2D eigenvalue weighted by molar-refractivity contribution is 0.640. The maximum Gasteiger partial charge on any atom is 0.225 e. The van der Waals surface area contributed by atoms with Gasteiger partial charge in [-0.1, -0.05) is 0 Å². The van der Waals surface area contributed by atoms with E-state index in [1.54, 1.807) is 12.4 Å². The van der Waals surface area contributed by atoms with Gasteiger partial charge in [-0.05, 0) is 30.3 Å². The summed E-state index contributed by atoms with van der Waals surface area (Å²) >= 11 is 0. The van der Waals surface area contributed by atoms with E-state index in [0.717, 1.165) is 32.1 Å². The summed E-state index contributed by atoms with van der Waals surface area (Å²) in [5.41, 5.74) is 2.52. The van der Waals surface area contributed by atoms with E-state index in [1.165, 1.54) is 11.4 Å². The smallest absolute Gasteiger partial charge is 0.225 e. The number of anilines is 3. The zero-order valence-electron chi connectivity index (χ0n) is 12.6. The lowest BCUT2D eigenvalue weighted by Gasteiger charge is -2.36. The summed E-state index contributed by atoms with van der Waals surface area (Å²) in [5.74, 6) is 0.833. The van der Waals surface area contributed by atoms with Crippen molar-refractivity contribution in [3.8, 4) is 0 Å². The van der Waals surface area contributed by atoms with E-state index in [-0.39, 0.29) is 0 Å². The molecule has 21 heavy (non-hydrogen) atoms. The molecule has 1 aromatic carbocycles. The van der Waals surface area contributed by atoms with Crippen molar-refractivity contribution < 1.29 is 0 Å². The van der Waals surface area contributed by atoms with Crippen molar-refractivity contribution in [3.05, 3.63) is 42.7 Å². The molecule has 0 spiro atoms. The molecule has 0 bridgehead atoms. The summed E-state index contributed by atoms with van der Waals surface area (Å²) in [5, 5.41) is 0. The summed E-state index contributed by atoms with van der Waals surface area (Å²) < 4.78 is 0. The highest BCUT2D eigenvalue weighted by Gasteiger charge is 2.18. The molecular weight excluding hydrogens is 262 g/mol. The lowest BCUT2D eigenvalue weighted by atomic mass is 10.2. The topological polar surface area (TPSA) is 35.5 Å². The second kappa shape index (κ2) is 5.99. The van der Waals surface area contributed by atoms with Crippen LogP contribution in [0.4, 0.5) is 17.3 Å². The molecule has 2 aromatic rings. The number of hydrogen-bond acceptors (Lipinski definition) is 5. The van der Waals surface area contributed by atoms with Crippen LogP contribution in [0.15, 0.2) is 42.7 Å². The van der Waals surface area contributed by atoms with E-state index >= 15 is 0 Å². The summed E-state index contributed by atoms with van der Waals surface area (Å²) in [7, 11) is 4.13. The fraction of sp³-hybridized carbons (Fsp3) is 0.375. The largest absolute Gasteiger partial charge is 0.378 e. The van der Waals surface area contributed by atoms with E-state index in [1.807, 2.05) is 6.07 Å². The second-order valence-electron chi connectivity index (χ2n) is 5.43. The van der Waals surface area contributed by atoms with Crippen LogP contribution in [0.2, 0.25) is 0 Å². The van der Waals surface area contributed by atoms with Gasteiger partial charge in [0.25, 0.3) is 0 Å². The normalized spacial score (nSPS) is 15.1. The Morgan fingerprint density at radius 1 is 0.857 bits per heavy atom. The van der Waals surface area contributed by atoms with Gasteiger partial charge in [-0.25, -0.2) is 9.97 Å². The molecule has 0 amide bonds. The maximum absolute atomic E-state index is 4.32. The van der Waals surface area contributed by atoms with Gasteiger partial charge in [-0.2, -0.15) is 0 Å². The fourth-order valence-electron chi connectivity index (χ4n) is 2.58. The van der Waals surface area contributed by atoms with E-state index < -0.39 is 0 Å². The molecule has 0 N–H and O–H groups in total. The van der Waals surface area contributed by atoms with E-state index in [9.17, 15) is 0 Å². The molecule has 5 nitrogen and oxygen atoms in total. The molecule has 0 atom stereocenters. The van der Waals surface area contributed by atoms with Crippen LogP contribution >= 0.6 is 0 Å². The van der Waals surface area contributed by atoms with Crippen LogP contribution in [0, 0.1) is 0 Å². The van der Waals surface area contributed by atoms with Gasteiger partial charge in [-0.15, -0.1) is 0 Å². The van der Waals surface area contributed by atoms with Crippen molar-refractivity contribution in [1.82, 2.24) is 9.97 Å². The first kappa shape index (κ1) is 13.7. The van der Waals surface area contributed by atoms with Crippen molar-refractivity contribution in [2.24, 2.45) is 0 Å². The van der Waals surface area contributed by atoms with Gasteiger partial charge < -0.3 is 14.7 Å². The lowest BCUT2D eigenvalue weighted by Crippen LogP contribution is -2.47. The number of rotatable bonds is 3. The Bertz CT molecular complexity index is 559. The molecule has 2 heterocycles. The van der Waals surface area contributed by atoms with Gasteiger partial charge in [0.2, 0.25) is 5.95 Å². The third-order valence-electron chi connectivity index (χ3n) is 3.85. The van der Waals surface area contributed by atoms with Gasteiger partial charge in [0.1, 0.15) is 0 Å². The average molecular weight is 283 g/mol. The Kier molecular flexibility index (Phi) is 3.90. The van der Waals surface area contributed by atoms with Crippen molar-refractivity contribution in [2.75, 3.05) is 55.0 Å². The van der Waals surface area contributed by atoms with Gasteiger partial charge in [0, 0.05) is 64.0 Å². The van der Waals surface area contributed by atoms with Gasteiger partial charge in [0.05, 0.1) is 0 Å². The minimum atomic E-state index is 0.833. The first-order valence-corrected chi connectivity index (χ1v) is 7.28. The average Bonchev–Trinajstić information content (AvgIpc) is 2.56. The molecular formula is C16H21N5. The Labute approximate surface area is 125 Å². The van der Waals surface area contributed by atoms with Crippen LogP contribution in [0.3, 0.4) is 0 Å². The highest BCUT2D eigenvalue weighted by molar-refractivity contribution is 5.56.